The van der Waals surface area contributed by atoms with Crippen molar-refractivity contribution in [2.45, 2.75) is 18.8 Å². The van der Waals surface area contributed by atoms with Gasteiger partial charge in [-0.2, -0.15) is 0 Å². The van der Waals surface area contributed by atoms with Crippen molar-refractivity contribution in [2.24, 2.45) is 0 Å². The molecule has 0 fully saturated rings. The Morgan fingerprint density at radius 3 is 2.30 bits per heavy atom. The molecule has 20 heavy (non-hydrogen) atoms. The first-order chi connectivity index (χ1) is 9.35. The largest absolute Gasteiger partial charge is 0.480 e. The zero-order chi connectivity index (χ0) is 14.9. The van der Waals surface area contributed by atoms with E-state index in [9.17, 15) is 14.7 Å². The van der Waals surface area contributed by atoms with Crippen LogP contribution < -0.4 is 0 Å². The minimum absolute atomic E-state index is 0.0589. The third-order valence-electron chi connectivity index (χ3n) is 3.36. The van der Waals surface area contributed by atoms with Crippen molar-refractivity contribution >= 4 is 27.9 Å². The molecule has 1 aromatic rings. The summed E-state index contributed by atoms with van der Waals surface area (Å²) in [5.41, 5.74) is -0.0125. The molecule has 0 saturated carbocycles. The average Bonchev–Trinajstić information content (AvgIpc) is 2.38. The maximum atomic E-state index is 11.8. The van der Waals surface area contributed by atoms with Gasteiger partial charge in [0.05, 0.1) is 0 Å². The maximum Gasteiger partial charge on any atom is 0.331 e. The SMILES string of the molecule is CC1=CC(C(=O)O)(c2ccc(Br)cc2)CC(C(=O)O)=C1. The second kappa shape index (κ2) is 5.25. The number of carboxylic acids is 2. The summed E-state index contributed by atoms with van der Waals surface area (Å²) >= 11 is 3.30. The summed E-state index contributed by atoms with van der Waals surface area (Å²) in [5.74, 6) is -2.13. The number of benzene rings is 1. The molecule has 1 aliphatic rings. The topological polar surface area (TPSA) is 74.6 Å². The highest BCUT2D eigenvalue weighted by molar-refractivity contribution is 9.10. The molecule has 104 valence electrons. The third kappa shape index (κ3) is 2.54. The molecule has 4 nitrogen and oxygen atoms in total. The van der Waals surface area contributed by atoms with E-state index in [2.05, 4.69) is 15.9 Å². The Labute approximate surface area is 124 Å². The zero-order valence-electron chi connectivity index (χ0n) is 10.8. The molecule has 0 radical (unpaired) electrons. The van der Waals surface area contributed by atoms with E-state index in [0.29, 0.717) is 11.1 Å². The highest BCUT2D eigenvalue weighted by Crippen LogP contribution is 2.38. The first-order valence-electron chi connectivity index (χ1n) is 5.98. The van der Waals surface area contributed by atoms with E-state index in [1.165, 1.54) is 6.08 Å². The van der Waals surface area contributed by atoms with E-state index >= 15 is 0 Å². The van der Waals surface area contributed by atoms with Crippen LogP contribution in [0, 0.1) is 0 Å². The molecular formula is C15H13BrO4. The Kier molecular flexibility index (Phi) is 3.81. The minimum Gasteiger partial charge on any atom is -0.480 e. The summed E-state index contributed by atoms with van der Waals surface area (Å²) in [6.45, 7) is 1.71. The predicted octanol–water partition coefficient (Wildman–Crippen LogP) is 3.13. The molecule has 0 heterocycles. The molecule has 0 aromatic heterocycles. The highest BCUT2D eigenvalue weighted by atomic mass is 79.9. The van der Waals surface area contributed by atoms with E-state index in [-0.39, 0.29) is 12.0 Å². The monoisotopic (exact) mass is 336 g/mol. The fourth-order valence-electron chi connectivity index (χ4n) is 2.44. The molecule has 0 saturated heterocycles. The van der Waals surface area contributed by atoms with Crippen molar-refractivity contribution in [3.8, 4) is 0 Å². The van der Waals surface area contributed by atoms with E-state index in [4.69, 9.17) is 5.11 Å². The molecular weight excluding hydrogens is 324 g/mol. The molecule has 1 atom stereocenters. The van der Waals surface area contributed by atoms with Gasteiger partial charge in [-0.25, -0.2) is 4.79 Å². The summed E-state index contributed by atoms with van der Waals surface area (Å²) in [4.78, 5) is 23.0. The lowest BCUT2D eigenvalue weighted by Crippen LogP contribution is -2.37. The number of carbonyl (C=O) groups is 2. The number of hydrogen-bond donors (Lipinski definition) is 2. The molecule has 0 amide bonds. The number of aliphatic carboxylic acids is 2. The highest BCUT2D eigenvalue weighted by Gasteiger charge is 2.42. The van der Waals surface area contributed by atoms with Gasteiger partial charge in [0, 0.05) is 16.5 Å². The van der Waals surface area contributed by atoms with Crippen LogP contribution in [0.4, 0.5) is 0 Å². The van der Waals surface area contributed by atoms with E-state index in [1.807, 2.05) is 0 Å². The molecule has 0 spiro atoms. The lowest BCUT2D eigenvalue weighted by atomic mass is 9.71. The third-order valence-corrected chi connectivity index (χ3v) is 3.89. The van der Waals surface area contributed by atoms with Gasteiger partial charge in [-0.05, 0) is 30.7 Å². The molecule has 1 aromatic carbocycles. The van der Waals surface area contributed by atoms with Crippen molar-refractivity contribution in [1.29, 1.82) is 0 Å². The van der Waals surface area contributed by atoms with E-state index in [0.717, 1.165) is 4.47 Å². The Hall–Kier alpha value is -1.88. The average molecular weight is 337 g/mol. The predicted molar refractivity (Wildman–Crippen MR) is 77.5 cm³/mol. The van der Waals surface area contributed by atoms with Crippen molar-refractivity contribution in [2.75, 3.05) is 0 Å². The molecule has 0 bridgehead atoms. The second-order valence-electron chi connectivity index (χ2n) is 4.82. The summed E-state index contributed by atoms with van der Waals surface area (Å²) in [6.07, 6.45) is 3.07. The molecule has 2 rings (SSSR count). The Bertz CT molecular complexity index is 628. The van der Waals surface area contributed by atoms with Crippen LogP contribution in [0.3, 0.4) is 0 Å². The van der Waals surface area contributed by atoms with E-state index < -0.39 is 17.4 Å². The number of halogens is 1. The number of hydrogen-bond acceptors (Lipinski definition) is 2. The maximum absolute atomic E-state index is 11.8. The lowest BCUT2D eigenvalue weighted by molar-refractivity contribution is -0.142. The zero-order valence-corrected chi connectivity index (χ0v) is 12.3. The fourth-order valence-corrected chi connectivity index (χ4v) is 2.70. The van der Waals surface area contributed by atoms with Gasteiger partial charge in [0.15, 0.2) is 0 Å². The van der Waals surface area contributed by atoms with Crippen molar-refractivity contribution in [1.82, 2.24) is 0 Å². The normalized spacial score (nSPS) is 21.9. The van der Waals surface area contributed by atoms with Crippen molar-refractivity contribution in [3.63, 3.8) is 0 Å². The summed E-state index contributed by atoms with van der Waals surface area (Å²) in [5, 5.41) is 18.8. The molecule has 0 aliphatic heterocycles. The van der Waals surface area contributed by atoms with Gasteiger partial charge < -0.3 is 10.2 Å². The molecule has 2 N–H and O–H groups in total. The van der Waals surface area contributed by atoms with Gasteiger partial charge in [0.25, 0.3) is 0 Å². The van der Waals surface area contributed by atoms with Crippen LogP contribution in [0.25, 0.3) is 0 Å². The quantitative estimate of drug-likeness (QED) is 0.889. The van der Waals surface area contributed by atoms with Crippen LogP contribution in [-0.4, -0.2) is 22.2 Å². The Balaban J connectivity index is 2.58. The second-order valence-corrected chi connectivity index (χ2v) is 5.74. The van der Waals surface area contributed by atoms with Gasteiger partial charge >= 0.3 is 11.9 Å². The standard InChI is InChI=1S/C15H13BrO4/c1-9-6-10(13(17)18)8-15(7-9,14(19)20)11-2-4-12(16)5-3-11/h2-7H,8H2,1H3,(H,17,18)(H,19,20). The number of rotatable bonds is 3. The summed E-state index contributed by atoms with van der Waals surface area (Å²) in [7, 11) is 0. The van der Waals surface area contributed by atoms with Crippen LogP contribution in [0.2, 0.25) is 0 Å². The number of allylic oxidation sites excluding steroid dienone is 2. The van der Waals surface area contributed by atoms with Gasteiger partial charge in [-0.15, -0.1) is 0 Å². The minimum atomic E-state index is -1.33. The van der Waals surface area contributed by atoms with Crippen LogP contribution in [0.1, 0.15) is 18.9 Å². The summed E-state index contributed by atoms with van der Waals surface area (Å²) in [6, 6.07) is 6.91. The Morgan fingerprint density at radius 2 is 1.80 bits per heavy atom. The lowest BCUT2D eigenvalue weighted by Gasteiger charge is -2.30. The van der Waals surface area contributed by atoms with Gasteiger partial charge in [0.2, 0.25) is 0 Å². The fraction of sp³-hybridized carbons (Fsp3) is 0.200. The molecule has 5 heteroatoms. The molecule has 1 aliphatic carbocycles. The van der Waals surface area contributed by atoms with Gasteiger partial charge in [-0.3, -0.25) is 4.79 Å². The first-order valence-corrected chi connectivity index (χ1v) is 6.77. The molecule has 1 unspecified atom stereocenters. The van der Waals surface area contributed by atoms with E-state index in [1.54, 1.807) is 37.3 Å². The van der Waals surface area contributed by atoms with Crippen LogP contribution in [0.5, 0.6) is 0 Å². The van der Waals surface area contributed by atoms with Crippen LogP contribution in [0.15, 0.2) is 52.0 Å². The first kappa shape index (κ1) is 14.5. The van der Waals surface area contributed by atoms with Crippen molar-refractivity contribution < 1.29 is 19.8 Å². The van der Waals surface area contributed by atoms with Crippen LogP contribution >= 0.6 is 15.9 Å². The summed E-state index contributed by atoms with van der Waals surface area (Å²) < 4.78 is 0.840. The number of carboxylic acid groups (broad SMARTS) is 2. The Morgan fingerprint density at radius 1 is 1.20 bits per heavy atom. The van der Waals surface area contributed by atoms with Crippen LogP contribution in [-0.2, 0) is 15.0 Å². The van der Waals surface area contributed by atoms with Gasteiger partial charge in [-0.1, -0.05) is 39.7 Å². The smallest absolute Gasteiger partial charge is 0.331 e. The van der Waals surface area contributed by atoms with Gasteiger partial charge in [0.1, 0.15) is 5.41 Å². The van der Waals surface area contributed by atoms with Crippen molar-refractivity contribution in [3.05, 3.63) is 57.6 Å².